The number of hydrogen-bond donors (Lipinski definition) is 0. The van der Waals surface area contributed by atoms with E-state index in [0.29, 0.717) is 6.61 Å². The first kappa shape index (κ1) is 19.7. The second-order valence-electron chi connectivity index (χ2n) is 4.27. The lowest BCUT2D eigenvalue weighted by atomic mass is 10.5. The van der Waals surface area contributed by atoms with Crippen molar-refractivity contribution in [1.29, 1.82) is 0 Å². The third-order valence-electron chi connectivity index (χ3n) is 1.65. The number of ether oxygens (including phenoxy) is 2. The van der Waals surface area contributed by atoms with Crippen molar-refractivity contribution in [2.45, 2.75) is 47.0 Å². The van der Waals surface area contributed by atoms with Gasteiger partial charge in [-0.05, 0) is 6.42 Å². The average molecular weight is 222 g/mol. The van der Waals surface area contributed by atoms with Crippen molar-refractivity contribution in [2.75, 3.05) is 26.9 Å². The van der Waals surface area contributed by atoms with E-state index < -0.39 is 8.07 Å². The van der Waals surface area contributed by atoms with Crippen LogP contribution in [0.5, 0.6) is 0 Å². The highest BCUT2D eigenvalue weighted by Crippen LogP contribution is 2.10. The van der Waals surface area contributed by atoms with Crippen LogP contribution in [0.25, 0.3) is 0 Å². The molecule has 0 rings (SSSR count). The Morgan fingerprint density at radius 3 is 1.93 bits per heavy atom. The van der Waals surface area contributed by atoms with Gasteiger partial charge < -0.3 is 9.47 Å². The van der Waals surface area contributed by atoms with Crippen LogP contribution in [0.3, 0.4) is 0 Å². The summed E-state index contributed by atoms with van der Waals surface area (Å²) in [5, 5.41) is 0. The fraction of sp³-hybridized carbons (Fsp3) is 1.00. The van der Waals surface area contributed by atoms with Gasteiger partial charge in [-0.2, -0.15) is 0 Å². The molecule has 0 amide bonds. The average Bonchev–Trinajstić information content (AvgIpc) is 1.94. The fourth-order valence-electron chi connectivity index (χ4n) is 0.949. The Labute approximate surface area is 92.0 Å². The van der Waals surface area contributed by atoms with Crippen molar-refractivity contribution in [3.63, 3.8) is 0 Å². The van der Waals surface area contributed by atoms with Gasteiger partial charge in [0.2, 0.25) is 0 Å². The van der Waals surface area contributed by atoms with Crippen molar-refractivity contribution in [3.8, 4) is 0 Å². The zero-order valence-electron chi connectivity index (χ0n) is 8.85. The van der Waals surface area contributed by atoms with E-state index in [1.54, 1.807) is 7.11 Å². The van der Waals surface area contributed by atoms with Gasteiger partial charge in [0.15, 0.2) is 0 Å². The molecule has 0 aromatic heterocycles. The van der Waals surface area contributed by atoms with Crippen LogP contribution in [0.1, 0.15) is 21.3 Å². The molecule has 0 aliphatic heterocycles. The second-order valence-corrected chi connectivity index (χ2v) is 9.89. The third-order valence-corrected chi connectivity index (χ3v) is 3.50. The first-order valence-electron chi connectivity index (χ1n) is 4.63. The van der Waals surface area contributed by atoms with Crippen molar-refractivity contribution in [3.05, 3.63) is 0 Å². The van der Waals surface area contributed by atoms with Crippen molar-refractivity contribution < 1.29 is 9.47 Å². The minimum atomic E-state index is -0.837. The van der Waals surface area contributed by atoms with Crippen molar-refractivity contribution in [1.82, 2.24) is 0 Å². The largest absolute Gasteiger partial charge is 0.382 e. The molecule has 3 heteroatoms. The quantitative estimate of drug-likeness (QED) is 0.483. The minimum absolute atomic E-state index is 0. The van der Waals surface area contributed by atoms with Crippen LogP contribution in [0.15, 0.2) is 0 Å². The Kier molecular flexibility index (Phi) is 15.8. The molecule has 90 valence electrons. The van der Waals surface area contributed by atoms with E-state index in [9.17, 15) is 0 Å². The predicted octanol–water partition coefficient (Wildman–Crippen LogP) is 3.65. The third kappa shape index (κ3) is 18.0. The standard InChI is InChI=1S/C9H22O2Si.2CH4/c1-10-7-8-11-6-5-9-12(2,3)4;;/h5-9H2,1-4H3;2*1H4. The van der Waals surface area contributed by atoms with Gasteiger partial charge in [0.25, 0.3) is 0 Å². The molecule has 0 aromatic rings. The van der Waals surface area contributed by atoms with Crippen molar-refractivity contribution in [2.24, 2.45) is 0 Å². The SMILES string of the molecule is C.C.COCCOCCC[Si](C)(C)C. The Bertz CT molecular complexity index is 100.0. The first-order valence-corrected chi connectivity index (χ1v) is 8.33. The zero-order chi connectivity index (χ0) is 9.45. The Balaban J connectivity index is -0.000000605. The van der Waals surface area contributed by atoms with E-state index in [-0.39, 0.29) is 14.9 Å². The van der Waals surface area contributed by atoms with Gasteiger partial charge in [0, 0.05) is 21.8 Å². The molecule has 0 saturated carbocycles. The molecule has 0 aliphatic rings. The molecule has 0 aromatic carbocycles. The van der Waals surface area contributed by atoms with Crippen LogP contribution in [-0.4, -0.2) is 35.0 Å². The Hall–Kier alpha value is 0.137. The molecule has 0 aliphatic carbocycles. The highest BCUT2D eigenvalue weighted by atomic mass is 28.3. The van der Waals surface area contributed by atoms with Gasteiger partial charge in [0.05, 0.1) is 13.2 Å². The molecule has 0 N–H and O–H groups in total. The normalized spacial score (nSPS) is 10.3. The van der Waals surface area contributed by atoms with Gasteiger partial charge in [-0.15, -0.1) is 0 Å². The number of methoxy groups -OCH3 is 1. The van der Waals surface area contributed by atoms with Crippen LogP contribution in [0, 0.1) is 0 Å². The van der Waals surface area contributed by atoms with E-state index in [2.05, 4.69) is 19.6 Å². The number of hydrogen-bond acceptors (Lipinski definition) is 2. The first-order chi connectivity index (χ1) is 5.56. The maximum atomic E-state index is 5.37. The van der Waals surface area contributed by atoms with Gasteiger partial charge in [-0.1, -0.05) is 40.5 Å². The zero-order valence-corrected chi connectivity index (χ0v) is 9.85. The summed E-state index contributed by atoms with van der Waals surface area (Å²) >= 11 is 0. The topological polar surface area (TPSA) is 18.5 Å². The molecule has 0 unspecified atom stereocenters. The Morgan fingerprint density at radius 2 is 1.50 bits per heavy atom. The van der Waals surface area contributed by atoms with E-state index >= 15 is 0 Å². The molecular weight excluding hydrogens is 192 g/mol. The predicted molar refractivity (Wildman–Crippen MR) is 68.9 cm³/mol. The van der Waals surface area contributed by atoms with Crippen LogP contribution < -0.4 is 0 Å². The summed E-state index contributed by atoms with van der Waals surface area (Å²) in [6, 6.07) is 1.36. The molecule has 0 bridgehead atoms. The summed E-state index contributed by atoms with van der Waals surface area (Å²) < 4.78 is 10.2. The molecule has 0 fully saturated rings. The molecule has 14 heavy (non-hydrogen) atoms. The van der Waals surface area contributed by atoms with Gasteiger partial charge >= 0.3 is 0 Å². The van der Waals surface area contributed by atoms with Gasteiger partial charge in [-0.25, -0.2) is 0 Å². The fourth-order valence-corrected chi connectivity index (χ4v) is 2.15. The lowest BCUT2D eigenvalue weighted by Crippen LogP contribution is -2.19. The minimum Gasteiger partial charge on any atom is -0.382 e. The summed E-state index contributed by atoms with van der Waals surface area (Å²) in [6.45, 7) is 9.52. The van der Waals surface area contributed by atoms with Crippen LogP contribution >= 0.6 is 0 Å². The molecule has 0 saturated heterocycles. The molecule has 0 spiro atoms. The summed E-state index contributed by atoms with van der Waals surface area (Å²) in [5.74, 6) is 0. The number of rotatable bonds is 7. The molecule has 2 nitrogen and oxygen atoms in total. The second kappa shape index (κ2) is 11.2. The lowest BCUT2D eigenvalue weighted by Gasteiger charge is -2.14. The highest BCUT2D eigenvalue weighted by Gasteiger charge is 2.11. The van der Waals surface area contributed by atoms with Crippen LogP contribution in [0.2, 0.25) is 25.7 Å². The van der Waals surface area contributed by atoms with E-state index in [1.165, 1.54) is 12.5 Å². The lowest BCUT2D eigenvalue weighted by molar-refractivity contribution is 0.0709. The van der Waals surface area contributed by atoms with E-state index in [0.717, 1.165) is 13.2 Å². The van der Waals surface area contributed by atoms with Gasteiger partial charge in [0.1, 0.15) is 0 Å². The van der Waals surface area contributed by atoms with Crippen LogP contribution in [-0.2, 0) is 9.47 Å². The summed E-state index contributed by atoms with van der Waals surface area (Å²) in [5.41, 5.74) is 0. The maximum absolute atomic E-state index is 5.37. The maximum Gasteiger partial charge on any atom is 0.0700 e. The Morgan fingerprint density at radius 1 is 0.929 bits per heavy atom. The molecule has 0 atom stereocenters. The molecular formula is C11H30O2Si. The molecule has 0 radical (unpaired) electrons. The molecule has 0 heterocycles. The smallest absolute Gasteiger partial charge is 0.0700 e. The summed E-state index contributed by atoms with van der Waals surface area (Å²) in [7, 11) is 0.863. The van der Waals surface area contributed by atoms with E-state index in [4.69, 9.17) is 9.47 Å². The van der Waals surface area contributed by atoms with Crippen LogP contribution in [0.4, 0.5) is 0 Å². The highest BCUT2D eigenvalue weighted by molar-refractivity contribution is 6.76. The summed E-state index contributed by atoms with van der Waals surface area (Å²) in [6.07, 6.45) is 1.21. The van der Waals surface area contributed by atoms with Gasteiger partial charge in [-0.3, -0.25) is 0 Å². The van der Waals surface area contributed by atoms with Crippen molar-refractivity contribution >= 4 is 8.07 Å². The summed E-state index contributed by atoms with van der Waals surface area (Å²) in [4.78, 5) is 0. The van der Waals surface area contributed by atoms with E-state index in [1.807, 2.05) is 0 Å². The monoisotopic (exact) mass is 222 g/mol.